The predicted molar refractivity (Wildman–Crippen MR) is 71.6 cm³/mol. The second-order valence-corrected chi connectivity index (χ2v) is 5.27. The van der Waals surface area contributed by atoms with Gasteiger partial charge in [0.2, 0.25) is 0 Å². The van der Waals surface area contributed by atoms with Crippen LogP contribution in [0.2, 0.25) is 0 Å². The topological polar surface area (TPSA) is 45.2 Å². The molecule has 17 heavy (non-hydrogen) atoms. The van der Waals surface area contributed by atoms with Crippen molar-refractivity contribution in [3.05, 3.63) is 23.9 Å². The molecule has 0 spiro atoms. The number of aromatic nitrogens is 1. The van der Waals surface area contributed by atoms with Crippen LogP contribution < -0.4 is 5.32 Å². The van der Waals surface area contributed by atoms with E-state index >= 15 is 0 Å². The van der Waals surface area contributed by atoms with Gasteiger partial charge in [0, 0.05) is 32.1 Å². The second-order valence-electron chi connectivity index (χ2n) is 4.12. The van der Waals surface area contributed by atoms with E-state index in [4.69, 9.17) is 0 Å². The van der Waals surface area contributed by atoms with Crippen molar-refractivity contribution in [3.63, 3.8) is 0 Å². The lowest BCUT2D eigenvalue weighted by atomic mass is 10.2. The molecular formula is C12H17N3OS. The lowest BCUT2D eigenvalue weighted by Crippen LogP contribution is -2.37. The van der Waals surface area contributed by atoms with Gasteiger partial charge in [-0.05, 0) is 24.3 Å². The monoisotopic (exact) mass is 251 g/mol. The minimum Gasteiger partial charge on any atom is -0.373 e. The fourth-order valence-electron chi connectivity index (χ4n) is 1.87. The van der Waals surface area contributed by atoms with Crippen molar-refractivity contribution >= 4 is 23.5 Å². The number of nitrogens with one attached hydrogen (secondary N) is 1. The van der Waals surface area contributed by atoms with E-state index in [-0.39, 0.29) is 5.91 Å². The molecule has 1 aliphatic heterocycles. The fraction of sp³-hybridized carbons (Fsp3) is 0.500. The highest BCUT2D eigenvalue weighted by atomic mass is 32.2. The fourth-order valence-corrected chi connectivity index (χ4v) is 3.13. The zero-order valence-corrected chi connectivity index (χ0v) is 11.0. The SMILES string of the molecule is CNc1ccc(C(=O)N(C)C2CCSC2)cn1. The van der Waals surface area contributed by atoms with Crippen molar-refractivity contribution in [2.24, 2.45) is 0 Å². The molecule has 1 aromatic rings. The largest absolute Gasteiger partial charge is 0.373 e. The molecule has 1 aliphatic rings. The maximum absolute atomic E-state index is 12.2. The molecule has 2 heterocycles. The van der Waals surface area contributed by atoms with E-state index in [2.05, 4.69) is 10.3 Å². The van der Waals surface area contributed by atoms with Crippen LogP contribution in [0, 0.1) is 0 Å². The number of carbonyl (C=O) groups is 1. The Morgan fingerprint density at radius 3 is 2.94 bits per heavy atom. The number of nitrogens with zero attached hydrogens (tertiary/aromatic N) is 2. The van der Waals surface area contributed by atoms with E-state index < -0.39 is 0 Å². The number of pyridine rings is 1. The van der Waals surface area contributed by atoms with Gasteiger partial charge in [0.1, 0.15) is 5.82 Å². The summed E-state index contributed by atoms with van der Waals surface area (Å²) < 4.78 is 0. The molecule has 1 saturated heterocycles. The van der Waals surface area contributed by atoms with Crippen LogP contribution in [0.25, 0.3) is 0 Å². The van der Waals surface area contributed by atoms with Gasteiger partial charge >= 0.3 is 0 Å². The molecule has 4 nitrogen and oxygen atoms in total. The summed E-state index contributed by atoms with van der Waals surface area (Å²) in [4.78, 5) is 18.2. The molecule has 1 atom stereocenters. The van der Waals surface area contributed by atoms with Crippen LogP contribution in [0.3, 0.4) is 0 Å². The van der Waals surface area contributed by atoms with E-state index in [0.717, 1.165) is 23.7 Å². The van der Waals surface area contributed by atoms with Crippen LogP contribution in [0.5, 0.6) is 0 Å². The molecule has 0 aliphatic carbocycles. The van der Waals surface area contributed by atoms with Crippen LogP contribution in [0.4, 0.5) is 5.82 Å². The standard InChI is InChI=1S/C12H17N3OS/c1-13-11-4-3-9(7-14-11)12(16)15(2)10-5-6-17-8-10/h3-4,7,10H,5-6,8H2,1-2H3,(H,13,14). The number of amides is 1. The van der Waals surface area contributed by atoms with Gasteiger partial charge in [-0.3, -0.25) is 4.79 Å². The van der Waals surface area contributed by atoms with Crippen molar-refractivity contribution in [1.82, 2.24) is 9.88 Å². The van der Waals surface area contributed by atoms with Gasteiger partial charge in [-0.15, -0.1) is 0 Å². The molecule has 92 valence electrons. The predicted octanol–water partition coefficient (Wildman–Crippen LogP) is 1.70. The summed E-state index contributed by atoms with van der Waals surface area (Å²) >= 11 is 1.91. The average Bonchev–Trinajstić information content (AvgIpc) is 2.91. The first-order valence-electron chi connectivity index (χ1n) is 5.71. The second kappa shape index (κ2) is 5.40. The van der Waals surface area contributed by atoms with Crippen molar-refractivity contribution in [2.75, 3.05) is 30.9 Å². The quantitative estimate of drug-likeness (QED) is 0.888. The zero-order chi connectivity index (χ0) is 12.3. The van der Waals surface area contributed by atoms with E-state index in [0.29, 0.717) is 11.6 Å². The molecule has 1 aromatic heterocycles. The molecule has 1 amide bonds. The molecule has 0 aromatic carbocycles. The van der Waals surface area contributed by atoms with Gasteiger partial charge in [-0.2, -0.15) is 11.8 Å². The summed E-state index contributed by atoms with van der Waals surface area (Å²) in [6.45, 7) is 0. The third-order valence-electron chi connectivity index (χ3n) is 3.04. The lowest BCUT2D eigenvalue weighted by Gasteiger charge is -2.23. The third kappa shape index (κ3) is 2.72. The van der Waals surface area contributed by atoms with Crippen molar-refractivity contribution in [3.8, 4) is 0 Å². The summed E-state index contributed by atoms with van der Waals surface area (Å²) in [6.07, 6.45) is 2.72. The molecule has 0 radical (unpaired) electrons. The van der Waals surface area contributed by atoms with Crippen LogP contribution in [0.1, 0.15) is 16.8 Å². The molecule has 1 N–H and O–H groups in total. The van der Waals surface area contributed by atoms with Gasteiger partial charge < -0.3 is 10.2 Å². The van der Waals surface area contributed by atoms with E-state index in [1.165, 1.54) is 0 Å². The highest BCUT2D eigenvalue weighted by Crippen LogP contribution is 2.22. The summed E-state index contributed by atoms with van der Waals surface area (Å²) in [5.41, 5.74) is 0.656. The number of carbonyl (C=O) groups excluding carboxylic acids is 1. The van der Waals surface area contributed by atoms with Crippen LogP contribution >= 0.6 is 11.8 Å². The Bertz CT molecular complexity index is 387. The first-order chi connectivity index (χ1) is 8.22. The van der Waals surface area contributed by atoms with Crippen molar-refractivity contribution in [2.45, 2.75) is 12.5 Å². The van der Waals surface area contributed by atoms with Gasteiger partial charge in [0.25, 0.3) is 5.91 Å². The minimum atomic E-state index is 0.0626. The van der Waals surface area contributed by atoms with E-state index in [1.807, 2.05) is 42.9 Å². The molecular weight excluding hydrogens is 234 g/mol. The summed E-state index contributed by atoms with van der Waals surface area (Å²) in [7, 11) is 3.69. The van der Waals surface area contributed by atoms with Crippen LogP contribution in [-0.4, -0.2) is 47.4 Å². The van der Waals surface area contributed by atoms with Gasteiger partial charge in [0.05, 0.1) is 5.56 Å². The number of hydrogen-bond donors (Lipinski definition) is 1. The Morgan fingerprint density at radius 1 is 1.59 bits per heavy atom. The summed E-state index contributed by atoms with van der Waals surface area (Å²) in [6, 6.07) is 4.01. The number of rotatable bonds is 3. The van der Waals surface area contributed by atoms with Gasteiger partial charge in [-0.25, -0.2) is 4.98 Å². The molecule has 0 bridgehead atoms. The Balaban J connectivity index is 2.07. The summed E-state index contributed by atoms with van der Waals surface area (Å²) in [5.74, 6) is 3.04. The highest BCUT2D eigenvalue weighted by Gasteiger charge is 2.24. The Hall–Kier alpha value is -1.23. The van der Waals surface area contributed by atoms with Gasteiger partial charge in [-0.1, -0.05) is 0 Å². The molecule has 2 rings (SSSR count). The van der Waals surface area contributed by atoms with Crippen LogP contribution in [-0.2, 0) is 0 Å². The number of anilines is 1. The first-order valence-corrected chi connectivity index (χ1v) is 6.86. The smallest absolute Gasteiger partial charge is 0.255 e. The highest BCUT2D eigenvalue weighted by molar-refractivity contribution is 7.99. The first kappa shape index (κ1) is 12.2. The molecule has 1 unspecified atom stereocenters. The lowest BCUT2D eigenvalue weighted by molar-refractivity contribution is 0.0747. The van der Waals surface area contributed by atoms with Crippen LogP contribution in [0.15, 0.2) is 18.3 Å². The minimum absolute atomic E-state index is 0.0626. The van der Waals surface area contributed by atoms with Crippen molar-refractivity contribution < 1.29 is 4.79 Å². The average molecular weight is 251 g/mol. The summed E-state index contributed by atoms with van der Waals surface area (Å²) in [5, 5.41) is 2.94. The van der Waals surface area contributed by atoms with Crippen molar-refractivity contribution in [1.29, 1.82) is 0 Å². The molecule has 1 fully saturated rings. The van der Waals surface area contributed by atoms with E-state index in [1.54, 1.807) is 6.20 Å². The molecule has 0 saturated carbocycles. The maximum atomic E-state index is 12.2. The Kier molecular flexibility index (Phi) is 3.89. The number of hydrogen-bond acceptors (Lipinski definition) is 4. The number of thioether (sulfide) groups is 1. The normalized spacial score (nSPS) is 19.1. The maximum Gasteiger partial charge on any atom is 0.255 e. The van der Waals surface area contributed by atoms with Gasteiger partial charge in [0.15, 0.2) is 0 Å². The third-order valence-corrected chi connectivity index (χ3v) is 4.19. The Morgan fingerprint density at radius 2 is 2.41 bits per heavy atom. The van der Waals surface area contributed by atoms with E-state index in [9.17, 15) is 4.79 Å². The molecule has 5 heteroatoms. The Labute approximate surface area is 106 Å². The zero-order valence-electron chi connectivity index (χ0n) is 10.1.